The van der Waals surface area contributed by atoms with Crippen molar-refractivity contribution in [3.05, 3.63) is 39.5 Å². The molecule has 0 bridgehead atoms. The maximum absolute atomic E-state index is 12.4. The number of carbonyl (C=O) groups is 1. The third kappa shape index (κ3) is 2.72. The van der Waals surface area contributed by atoms with E-state index in [-0.39, 0.29) is 11.9 Å². The average molecular weight is 328 g/mol. The molecular weight excluding hydrogens is 308 g/mol. The zero-order valence-electron chi connectivity index (χ0n) is 13.2. The van der Waals surface area contributed by atoms with Crippen molar-refractivity contribution in [1.29, 1.82) is 0 Å². The second kappa shape index (κ2) is 5.92. The van der Waals surface area contributed by atoms with Crippen molar-refractivity contribution < 1.29 is 4.79 Å². The second-order valence-electron chi connectivity index (χ2n) is 6.31. The number of anilines is 1. The highest BCUT2D eigenvalue weighted by atomic mass is 32.1. The minimum atomic E-state index is 0.0530. The van der Waals surface area contributed by atoms with Gasteiger partial charge in [-0.1, -0.05) is 0 Å². The topological polar surface area (TPSA) is 58.1 Å². The van der Waals surface area contributed by atoms with Crippen molar-refractivity contribution >= 4 is 23.1 Å². The smallest absolute Gasteiger partial charge is 0.261 e. The highest BCUT2D eigenvalue weighted by molar-refractivity contribution is 7.12. The molecule has 23 heavy (non-hydrogen) atoms. The monoisotopic (exact) mass is 328 g/mol. The molecule has 5 nitrogen and oxygen atoms in total. The fraction of sp³-hybridized carbons (Fsp3) is 0.471. The van der Waals surface area contributed by atoms with E-state index in [0.717, 1.165) is 48.6 Å². The lowest BCUT2D eigenvalue weighted by Gasteiger charge is -2.20. The molecule has 1 N–H and O–H groups in total. The molecule has 1 saturated heterocycles. The van der Waals surface area contributed by atoms with Gasteiger partial charge >= 0.3 is 0 Å². The first-order valence-corrected chi connectivity index (χ1v) is 9.03. The molecule has 1 atom stereocenters. The Balaban J connectivity index is 1.45. The Kier molecular flexibility index (Phi) is 3.77. The van der Waals surface area contributed by atoms with Gasteiger partial charge in [-0.25, -0.2) is 9.97 Å². The second-order valence-corrected chi connectivity index (χ2v) is 7.23. The number of nitrogens with one attached hydrogen (secondary N) is 1. The van der Waals surface area contributed by atoms with Gasteiger partial charge in [0.05, 0.1) is 4.88 Å². The van der Waals surface area contributed by atoms with E-state index in [4.69, 9.17) is 0 Å². The molecule has 2 aromatic rings. The highest BCUT2D eigenvalue weighted by Gasteiger charge is 2.29. The maximum atomic E-state index is 12.4. The van der Waals surface area contributed by atoms with Gasteiger partial charge in [0, 0.05) is 30.4 Å². The zero-order valence-corrected chi connectivity index (χ0v) is 14.0. The first-order valence-electron chi connectivity index (χ1n) is 8.15. The Morgan fingerprint density at radius 2 is 2.30 bits per heavy atom. The predicted molar refractivity (Wildman–Crippen MR) is 91.2 cm³/mol. The summed E-state index contributed by atoms with van der Waals surface area (Å²) >= 11 is 1.51. The lowest BCUT2D eigenvalue weighted by Crippen LogP contribution is -2.37. The number of carbonyl (C=O) groups excluding carboxylic acids is 1. The molecule has 0 spiro atoms. The molecule has 1 aliphatic carbocycles. The van der Waals surface area contributed by atoms with Crippen LogP contribution in [0.5, 0.6) is 0 Å². The Morgan fingerprint density at radius 1 is 1.39 bits per heavy atom. The lowest BCUT2D eigenvalue weighted by molar-refractivity contribution is 0.0944. The summed E-state index contributed by atoms with van der Waals surface area (Å²) in [4.78, 5) is 24.4. The van der Waals surface area contributed by atoms with Crippen LogP contribution >= 0.6 is 11.3 Å². The third-order valence-corrected chi connectivity index (χ3v) is 5.76. The van der Waals surface area contributed by atoms with Crippen molar-refractivity contribution in [3.8, 4) is 0 Å². The Labute approximate surface area is 139 Å². The van der Waals surface area contributed by atoms with E-state index in [2.05, 4.69) is 20.2 Å². The largest absolute Gasteiger partial charge is 0.354 e. The molecule has 120 valence electrons. The Morgan fingerprint density at radius 3 is 3.13 bits per heavy atom. The van der Waals surface area contributed by atoms with Gasteiger partial charge < -0.3 is 10.2 Å². The number of hydrogen-bond acceptors (Lipinski definition) is 5. The summed E-state index contributed by atoms with van der Waals surface area (Å²) in [5.74, 6) is 1.13. The number of hydrogen-bond donors (Lipinski definition) is 1. The summed E-state index contributed by atoms with van der Waals surface area (Å²) < 4.78 is 0. The molecule has 1 fully saturated rings. The molecule has 0 saturated carbocycles. The summed E-state index contributed by atoms with van der Waals surface area (Å²) in [6.07, 6.45) is 5.96. The summed E-state index contributed by atoms with van der Waals surface area (Å²) in [6, 6.07) is 2.18. The van der Waals surface area contributed by atoms with Crippen molar-refractivity contribution in [2.24, 2.45) is 0 Å². The fourth-order valence-electron chi connectivity index (χ4n) is 3.54. The van der Waals surface area contributed by atoms with Crippen LogP contribution in [0.2, 0.25) is 0 Å². The van der Waals surface area contributed by atoms with Crippen LogP contribution in [-0.2, 0) is 12.8 Å². The molecule has 0 aromatic carbocycles. The number of rotatable bonds is 3. The minimum Gasteiger partial charge on any atom is -0.354 e. The summed E-state index contributed by atoms with van der Waals surface area (Å²) in [5, 5.41) is 5.14. The predicted octanol–water partition coefficient (Wildman–Crippen LogP) is 2.34. The third-order valence-electron chi connectivity index (χ3n) is 4.74. The number of thiophene rings is 1. The molecule has 4 rings (SSSR count). The summed E-state index contributed by atoms with van der Waals surface area (Å²) in [7, 11) is 0. The SMILES string of the molecule is Cc1ccsc1C(=O)N[C@H]1CCN(c2ncnc3c2CCC3)C1. The van der Waals surface area contributed by atoms with Crippen LogP contribution in [0, 0.1) is 6.92 Å². The van der Waals surface area contributed by atoms with Crippen LogP contribution in [-0.4, -0.2) is 35.0 Å². The van der Waals surface area contributed by atoms with Crippen molar-refractivity contribution in [2.75, 3.05) is 18.0 Å². The fourth-order valence-corrected chi connectivity index (χ4v) is 4.37. The van der Waals surface area contributed by atoms with E-state index in [1.54, 1.807) is 6.33 Å². The first kappa shape index (κ1) is 14.6. The van der Waals surface area contributed by atoms with Crippen LogP contribution < -0.4 is 10.2 Å². The minimum absolute atomic E-state index is 0.0530. The molecular formula is C17H20N4OS. The van der Waals surface area contributed by atoms with Gasteiger partial charge in [0.1, 0.15) is 12.1 Å². The maximum Gasteiger partial charge on any atom is 0.261 e. The van der Waals surface area contributed by atoms with Gasteiger partial charge in [0.2, 0.25) is 0 Å². The van der Waals surface area contributed by atoms with E-state index < -0.39 is 0 Å². The van der Waals surface area contributed by atoms with Gasteiger partial charge in [-0.05, 0) is 49.6 Å². The van der Waals surface area contributed by atoms with Crippen LogP contribution in [0.1, 0.15) is 39.3 Å². The standard InChI is InChI=1S/C17H20N4OS/c1-11-6-8-23-15(11)17(22)20-12-5-7-21(9-12)16-13-3-2-4-14(13)18-10-19-16/h6,8,10,12H,2-5,7,9H2,1H3,(H,20,22)/t12-/m0/s1. The zero-order chi connectivity index (χ0) is 15.8. The van der Waals surface area contributed by atoms with E-state index in [1.165, 1.54) is 29.0 Å². The molecule has 6 heteroatoms. The normalized spacial score (nSPS) is 19.9. The van der Waals surface area contributed by atoms with Gasteiger partial charge in [0.15, 0.2) is 0 Å². The number of fused-ring (bicyclic) bond motifs is 1. The molecule has 2 aliphatic rings. The van der Waals surface area contributed by atoms with Gasteiger partial charge in [-0.2, -0.15) is 0 Å². The van der Waals surface area contributed by atoms with Crippen LogP contribution in [0.4, 0.5) is 5.82 Å². The van der Waals surface area contributed by atoms with Gasteiger partial charge in [-0.3, -0.25) is 4.79 Å². The van der Waals surface area contributed by atoms with E-state index in [1.807, 2.05) is 18.4 Å². The first-order chi connectivity index (χ1) is 11.2. The van der Waals surface area contributed by atoms with E-state index >= 15 is 0 Å². The molecule has 1 amide bonds. The quantitative estimate of drug-likeness (QED) is 0.939. The van der Waals surface area contributed by atoms with Gasteiger partial charge in [-0.15, -0.1) is 11.3 Å². The molecule has 3 heterocycles. The summed E-state index contributed by atoms with van der Waals surface area (Å²) in [5.41, 5.74) is 3.57. The van der Waals surface area contributed by atoms with E-state index in [9.17, 15) is 4.79 Å². The van der Waals surface area contributed by atoms with Crippen molar-refractivity contribution in [2.45, 2.75) is 38.6 Å². The van der Waals surface area contributed by atoms with Gasteiger partial charge in [0.25, 0.3) is 5.91 Å². The average Bonchev–Trinajstić information content (AvgIpc) is 3.26. The van der Waals surface area contributed by atoms with Crippen molar-refractivity contribution in [3.63, 3.8) is 0 Å². The lowest BCUT2D eigenvalue weighted by atomic mass is 10.2. The molecule has 0 unspecified atom stereocenters. The van der Waals surface area contributed by atoms with Crippen molar-refractivity contribution in [1.82, 2.24) is 15.3 Å². The molecule has 0 radical (unpaired) electrons. The molecule has 2 aromatic heterocycles. The van der Waals surface area contributed by atoms with Crippen LogP contribution in [0.25, 0.3) is 0 Å². The van der Waals surface area contributed by atoms with Crippen LogP contribution in [0.15, 0.2) is 17.8 Å². The Bertz CT molecular complexity index is 742. The summed E-state index contributed by atoms with van der Waals surface area (Å²) in [6.45, 7) is 3.76. The highest BCUT2D eigenvalue weighted by Crippen LogP contribution is 2.30. The van der Waals surface area contributed by atoms with Crippen LogP contribution in [0.3, 0.4) is 0 Å². The number of aryl methyl sites for hydroxylation is 2. The molecule has 1 aliphatic heterocycles. The number of aromatic nitrogens is 2. The number of nitrogens with zero attached hydrogens (tertiary/aromatic N) is 3. The Hall–Kier alpha value is -1.95. The van der Waals surface area contributed by atoms with E-state index in [0.29, 0.717) is 0 Å². The number of amides is 1.